The van der Waals surface area contributed by atoms with Crippen LogP contribution in [-0.4, -0.2) is 44.2 Å². The van der Waals surface area contributed by atoms with Crippen molar-refractivity contribution < 1.29 is 41.4 Å². The van der Waals surface area contributed by atoms with Gasteiger partial charge in [0.1, 0.15) is 11.5 Å². The number of allylic oxidation sites excluding steroid dienone is 6. The Kier molecular flexibility index (Phi) is 7.76. The van der Waals surface area contributed by atoms with Gasteiger partial charge in [-0.25, -0.2) is 4.90 Å². The molecule has 0 radical (unpaired) electrons. The first-order chi connectivity index (χ1) is 18.5. The number of amides is 1. The molecule has 1 aromatic carbocycles. The molecule has 1 heterocycles. The van der Waals surface area contributed by atoms with E-state index in [-0.39, 0.29) is 22.2 Å². The van der Waals surface area contributed by atoms with E-state index in [1.165, 1.54) is 46.6 Å². The van der Waals surface area contributed by atoms with Gasteiger partial charge in [0.15, 0.2) is 11.5 Å². The first-order valence-corrected chi connectivity index (χ1v) is 12.1. The zero-order valence-corrected chi connectivity index (χ0v) is 22.1. The van der Waals surface area contributed by atoms with Crippen molar-refractivity contribution in [2.75, 3.05) is 21.3 Å². The van der Waals surface area contributed by atoms with Gasteiger partial charge in [-0.1, -0.05) is 18.6 Å². The average molecular weight is 544 g/mol. The maximum absolute atomic E-state index is 14.0. The third kappa shape index (κ3) is 5.36. The third-order valence-electron chi connectivity index (χ3n) is 6.92. The Morgan fingerprint density at radius 2 is 1.77 bits per heavy atom. The van der Waals surface area contributed by atoms with E-state index >= 15 is 0 Å². The Morgan fingerprint density at radius 1 is 1.10 bits per heavy atom. The molecule has 39 heavy (non-hydrogen) atoms. The fourth-order valence-electron chi connectivity index (χ4n) is 5.01. The van der Waals surface area contributed by atoms with Gasteiger partial charge in [-0.15, -0.1) is 13.2 Å². The fraction of sp³-hybridized carbons (Fsp3) is 0.310. The minimum Gasteiger partial charge on any atom is -0.497 e. The lowest BCUT2D eigenvalue weighted by atomic mass is 9.84. The van der Waals surface area contributed by atoms with Crippen molar-refractivity contribution in [1.29, 1.82) is 0 Å². The maximum Gasteiger partial charge on any atom is 0.487 e. The lowest BCUT2D eigenvalue weighted by Crippen LogP contribution is -2.45. The number of ketones is 1. The number of nitrogens with zero attached hydrogens (tertiary/aromatic N) is 1. The van der Waals surface area contributed by atoms with E-state index in [9.17, 15) is 22.8 Å². The van der Waals surface area contributed by atoms with Crippen LogP contribution in [0.25, 0.3) is 5.57 Å². The van der Waals surface area contributed by atoms with E-state index in [1.807, 2.05) is 6.07 Å². The minimum atomic E-state index is -4.91. The molecule has 0 bridgehead atoms. The van der Waals surface area contributed by atoms with Gasteiger partial charge in [0.2, 0.25) is 5.91 Å². The predicted octanol–water partition coefficient (Wildman–Crippen LogP) is 5.91. The van der Waals surface area contributed by atoms with Crippen LogP contribution in [0.1, 0.15) is 36.7 Å². The van der Waals surface area contributed by atoms with E-state index in [2.05, 4.69) is 0 Å². The van der Waals surface area contributed by atoms with E-state index in [1.54, 1.807) is 37.3 Å². The molecule has 4 rings (SSSR count). The second kappa shape index (κ2) is 10.9. The van der Waals surface area contributed by atoms with Crippen molar-refractivity contribution in [3.05, 3.63) is 94.4 Å². The Morgan fingerprint density at radius 3 is 2.31 bits per heavy atom. The van der Waals surface area contributed by atoms with Crippen molar-refractivity contribution >= 4 is 17.3 Å². The number of alkyl halides is 3. The van der Waals surface area contributed by atoms with E-state index in [4.69, 9.17) is 18.6 Å². The molecule has 2 aromatic rings. The van der Waals surface area contributed by atoms with Crippen LogP contribution in [0.3, 0.4) is 0 Å². The lowest BCUT2D eigenvalue weighted by molar-refractivity contribution is -0.246. The summed E-state index contributed by atoms with van der Waals surface area (Å²) in [5.41, 5.74) is 3.41. The van der Waals surface area contributed by atoms with Crippen LogP contribution >= 0.6 is 0 Å². The molecular formula is C29H28F3NO6. The number of hydrogen-bond donors (Lipinski definition) is 0. The monoisotopic (exact) mass is 543 g/mol. The van der Waals surface area contributed by atoms with Gasteiger partial charge in [0.05, 0.1) is 34.1 Å². The van der Waals surface area contributed by atoms with Gasteiger partial charge in [0, 0.05) is 11.8 Å². The predicted molar refractivity (Wildman–Crippen MR) is 136 cm³/mol. The van der Waals surface area contributed by atoms with Gasteiger partial charge in [-0.2, -0.15) is 0 Å². The lowest BCUT2D eigenvalue weighted by Gasteiger charge is -2.30. The molecule has 0 N–H and O–H groups in total. The van der Waals surface area contributed by atoms with Crippen LogP contribution in [-0.2, 0) is 25.6 Å². The van der Waals surface area contributed by atoms with Crippen LogP contribution in [0, 0.1) is 5.92 Å². The summed E-state index contributed by atoms with van der Waals surface area (Å²) in [4.78, 5) is 25.7. The van der Waals surface area contributed by atoms with Crippen LogP contribution in [0.15, 0.2) is 81.9 Å². The molecule has 2 atom stereocenters. The molecule has 0 fully saturated rings. The minimum absolute atomic E-state index is 0.0207. The Hall–Kier alpha value is -4.21. The average Bonchev–Trinajstić information content (AvgIpc) is 3.52. The molecular weight excluding hydrogens is 515 g/mol. The highest BCUT2D eigenvalue weighted by Gasteiger charge is 2.46. The van der Waals surface area contributed by atoms with Crippen LogP contribution < -0.4 is 4.74 Å². The number of rotatable bonds is 8. The van der Waals surface area contributed by atoms with Crippen molar-refractivity contribution in [3.8, 4) is 5.75 Å². The van der Waals surface area contributed by atoms with Crippen LogP contribution in [0.2, 0.25) is 0 Å². The third-order valence-corrected chi connectivity index (χ3v) is 6.92. The molecule has 1 aromatic heterocycles. The van der Waals surface area contributed by atoms with Gasteiger partial charge in [-0.05, 0) is 71.7 Å². The summed E-state index contributed by atoms with van der Waals surface area (Å²) < 4.78 is 63.0. The number of fused-ring (bicyclic) bond motifs is 1. The van der Waals surface area contributed by atoms with Gasteiger partial charge >= 0.3 is 6.30 Å². The summed E-state index contributed by atoms with van der Waals surface area (Å²) in [6, 6.07) is 8.15. The Bertz CT molecular complexity index is 1370. The highest BCUT2D eigenvalue weighted by atomic mass is 19.4. The van der Waals surface area contributed by atoms with Gasteiger partial charge < -0.3 is 18.6 Å². The molecule has 7 nitrogen and oxygen atoms in total. The summed E-state index contributed by atoms with van der Waals surface area (Å²) in [5, 5.41) is 0. The topological polar surface area (TPSA) is 78.2 Å². The number of Topliss-reactive ketones (excluding diaryl/α,β-unsaturated/α-hetero) is 1. The number of benzene rings is 1. The highest BCUT2D eigenvalue weighted by Crippen LogP contribution is 2.49. The molecule has 0 aliphatic heterocycles. The quantitative estimate of drug-likeness (QED) is 0.385. The number of hydrogen-bond acceptors (Lipinski definition) is 6. The molecule has 2 aliphatic rings. The largest absolute Gasteiger partial charge is 0.497 e. The number of halogens is 3. The SMILES string of the molecule is COC1=CC(=CC2=C(C)C(C(C)C(=O)N(Cc3ccco3)C(F)(F)F)c3cc(OC)ccc32)C=C(OC)C1=O. The van der Waals surface area contributed by atoms with E-state index in [0.717, 1.165) is 5.56 Å². The summed E-state index contributed by atoms with van der Waals surface area (Å²) in [5.74, 6) is -2.53. The number of furan rings is 1. The Labute approximate surface area is 223 Å². The summed E-state index contributed by atoms with van der Waals surface area (Å²) in [6.07, 6.45) is 1.27. The van der Waals surface area contributed by atoms with Crippen molar-refractivity contribution in [2.24, 2.45) is 5.92 Å². The molecule has 0 spiro atoms. The molecule has 206 valence electrons. The van der Waals surface area contributed by atoms with Crippen molar-refractivity contribution in [3.63, 3.8) is 0 Å². The number of ether oxygens (including phenoxy) is 3. The zero-order chi connectivity index (χ0) is 28.5. The van der Waals surface area contributed by atoms with Crippen LogP contribution in [0.4, 0.5) is 13.2 Å². The Balaban J connectivity index is 1.80. The van der Waals surface area contributed by atoms with Crippen molar-refractivity contribution in [2.45, 2.75) is 32.6 Å². The maximum atomic E-state index is 14.0. The van der Waals surface area contributed by atoms with Gasteiger partial charge in [-0.3, -0.25) is 9.59 Å². The smallest absolute Gasteiger partial charge is 0.487 e. The summed E-state index contributed by atoms with van der Waals surface area (Å²) in [6.45, 7) is 2.54. The number of carbonyl (C=O) groups is 2. The number of methoxy groups -OCH3 is 3. The second-order valence-electron chi connectivity index (χ2n) is 9.19. The number of carbonyl (C=O) groups excluding carboxylic acids is 2. The van der Waals surface area contributed by atoms with E-state index in [0.29, 0.717) is 28.0 Å². The first kappa shape index (κ1) is 27.8. The molecule has 2 aliphatic carbocycles. The molecule has 10 heteroatoms. The molecule has 1 amide bonds. The fourth-order valence-corrected chi connectivity index (χ4v) is 5.01. The normalized spacial score (nSPS) is 17.8. The molecule has 2 unspecified atom stereocenters. The second-order valence-corrected chi connectivity index (χ2v) is 9.19. The van der Waals surface area contributed by atoms with Crippen LogP contribution in [0.5, 0.6) is 5.75 Å². The molecule has 0 saturated heterocycles. The zero-order valence-electron chi connectivity index (χ0n) is 22.1. The molecule has 0 saturated carbocycles. The summed E-state index contributed by atoms with van der Waals surface area (Å²) in [7, 11) is 4.24. The first-order valence-electron chi connectivity index (χ1n) is 12.1. The van der Waals surface area contributed by atoms with E-state index < -0.39 is 36.4 Å². The van der Waals surface area contributed by atoms with Gasteiger partial charge in [0.25, 0.3) is 5.78 Å². The summed E-state index contributed by atoms with van der Waals surface area (Å²) >= 11 is 0. The van der Waals surface area contributed by atoms with Crippen molar-refractivity contribution in [1.82, 2.24) is 4.90 Å². The highest BCUT2D eigenvalue weighted by molar-refractivity contribution is 6.07. The standard InChI is InChI=1S/C29H28F3NO6/c1-16-22(11-18-12-24(37-4)27(34)25(13-18)38-5)21-9-8-19(36-3)14-23(21)26(16)17(2)28(35)33(29(30,31)32)15-20-7-6-10-39-20/h6-14,17,26H,15H2,1-5H3.